The highest BCUT2D eigenvalue weighted by Gasteiger charge is 2.06. The summed E-state index contributed by atoms with van der Waals surface area (Å²) in [7, 11) is 1.56. The first kappa shape index (κ1) is 9.85. The Morgan fingerprint density at radius 2 is 2.38 bits per heavy atom. The number of carbonyl (C=O) groups is 1. The van der Waals surface area contributed by atoms with E-state index in [4.69, 9.17) is 9.26 Å². The Morgan fingerprint density at radius 1 is 1.62 bits per heavy atom. The van der Waals surface area contributed by atoms with Gasteiger partial charge in [-0.25, -0.2) is 0 Å². The highest BCUT2D eigenvalue weighted by molar-refractivity contribution is 5.75. The molecule has 0 spiro atoms. The normalized spacial score (nSPS) is 10.3. The van der Waals surface area contributed by atoms with Crippen LogP contribution in [0.3, 0.4) is 0 Å². The third-order valence-electron chi connectivity index (χ3n) is 1.47. The summed E-state index contributed by atoms with van der Waals surface area (Å²) in [6.07, 6.45) is 0.945. The molecule has 0 saturated heterocycles. The minimum absolute atomic E-state index is 0.117. The van der Waals surface area contributed by atoms with Crippen LogP contribution in [-0.2, 0) is 22.6 Å². The molecule has 0 aliphatic rings. The fourth-order valence-corrected chi connectivity index (χ4v) is 0.862. The van der Waals surface area contributed by atoms with Gasteiger partial charge in [0.25, 0.3) is 0 Å². The van der Waals surface area contributed by atoms with Crippen LogP contribution in [0.2, 0.25) is 0 Å². The molecule has 5 heteroatoms. The zero-order chi connectivity index (χ0) is 9.68. The Labute approximate surface area is 76.1 Å². The van der Waals surface area contributed by atoms with Crippen LogP contribution in [0.4, 0.5) is 0 Å². The van der Waals surface area contributed by atoms with Crippen LogP contribution in [0.5, 0.6) is 0 Å². The molecule has 1 aromatic heterocycles. The van der Waals surface area contributed by atoms with Crippen molar-refractivity contribution in [1.82, 2.24) is 10.1 Å². The minimum Gasteiger partial charge on any atom is -0.377 e. The molecule has 0 aliphatic heterocycles. The number of carbonyl (C=O) groups excluding carboxylic acids is 1. The Balaban J connectivity index is 2.44. The van der Waals surface area contributed by atoms with Crippen molar-refractivity contribution in [2.24, 2.45) is 0 Å². The van der Waals surface area contributed by atoms with E-state index in [1.165, 1.54) is 6.92 Å². The lowest BCUT2D eigenvalue weighted by atomic mass is 10.2. The maximum atomic E-state index is 10.6. The predicted molar refractivity (Wildman–Crippen MR) is 44.0 cm³/mol. The molecule has 0 aromatic carbocycles. The molecule has 0 fully saturated rings. The minimum atomic E-state index is 0.117. The van der Waals surface area contributed by atoms with Gasteiger partial charge in [0.2, 0.25) is 5.89 Å². The largest absolute Gasteiger partial charge is 0.377 e. The summed E-state index contributed by atoms with van der Waals surface area (Å²) >= 11 is 0. The fourth-order valence-electron chi connectivity index (χ4n) is 0.862. The van der Waals surface area contributed by atoms with Crippen LogP contribution in [0, 0.1) is 0 Å². The number of Topliss-reactive ketones (excluding diaryl/α,β-unsaturated/α-hetero) is 1. The smallest absolute Gasteiger partial charge is 0.227 e. The Kier molecular flexibility index (Phi) is 3.57. The van der Waals surface area contributed by atoms with Gasteiger partial charge in [-0.15, -0.1) is 0 Å². The van der Waals surface area contributed by atoms with Crippen molar-refractivity contribution in [3.63, 3.8) is 0 Å². The molecule has 0 saturated carbocycles. The molecule has 72 valence electrons. The zero-order valence-electron chi connectivity index (χ0n) is 7.74. The number of ether oxygens (including phenoxy) is 1. The molecule has 1 rings (SSSR count). The van der Waals surface area contributed by atoms with Crippen molar-refractivity contribution in [1.29, 1.82) is 0 Å². The summed E-state index contributed by atoms with van der Waals surface area (Å²) in [5, 5.41) is 3.66. The van der Waals surface area contributed by atoms with Crippen LogP contribution >= 0.6 is 0 Å². The Hall–Kier alpha value is -1.23. The van der Waals surface area contributed by atoms with Gasteiger partial charge in [-0.2, -0.15) is 4.98 Å². The maximum Gasteiger partial charge on any atom is 0.227 e. The van der Waals surface area contributed by atoms with Crippen molar-refractivity contribution in [3.8, 4) is 0 Å². The first-order valence-corrected chi connectivity index (χ1v) is 4.02. The van der Waals surface area contributed by atoms with Crippen molar-refractivity contribution < 1.29 is 14.1 Å². The molecule has 0 radical (unpaired) electrons. The van der Waals surface area contributed by atoms with E-state index in [1.807, 2.05) is 0 Å². The lowest BCUT2D eigenvalue weighted by Crippen LogP contribution is -1.95. The van der Waals surface area contributed by atoms with E-state index >= 15 is 0 Å². The second kappa shape index (κ2) is 4.71. The lowest BCUT2D eigenvalue weighted by molar-refractivity contribution is -0.117. The summed E-state index contributed by atoms with van der Waals surface area (Å²) in [5.41, 5.74) is 0. The SMILES string of the molecule is COCc1noc(CCC(C)=O)n1. The summed E-state index contributed by atoms with van der Waals surface area (Å²) < 4.78 is 9.69. The molecule has 5 nitrogen and oxygen atoms in total. The number of hydrogen-bond acceptors (Lipinski definition) is 5. The van der Waals surface area contributed by atoms with Crippen molar-refractivity contribution in [2.75, 3.05) is 7.11 Å². The van der Waals surface area contributed by atoms with Gasteiger partial charge in [-0.1, -0.05) is 5.16 Å². The number of nitrogens with zero attached hydrogens (tertiary/aromatic N) is 2. The Bertz CT molecular complexity index is 283. The number of hydrogen-bond donors (Lipinski definition) is 0. The van der Waals surface area contributed by atoms with E-state index in [0.29, 0.717) is 31.2 Å². The van der Waals surface area contributed by atoms with E-state index in [0.717, 1.165) is 0 Å². The number of rotatable bonds is 5. The fraction of sp³-hybridized carbons (Fsp3) is 0.625. The molecule has 13 heavy (non-hydrogen) atoms. The molecule has 0 atom stereocenters. The molecule has 0 unspecified atom stereocenters. The van der Waals surface area contributed by atoms with Gasteiger partial charge in [-0.3, -0.25) is 0 Å². The lowest BCUT2D eigenvalue weighted by Gasteiger charge is -1.88. The summed E-state index contributed by atoms with van der Waals surface area (Å²) in [4.78, 5) is 14.7. The Morgan fingerprint density at radius 3 is 3.00 bits per heavy atom. The van der Waals surface area contributed by atoms with Crippen molar-refractivity contribution >= 4 is 5.78 Å². The standard InChI is InChI=1S/C8H12N2O3/c1-6(11)3-4-8-9-7(5-12-2)10-13-8/h3-5H2,1-2H3. The van der Waals surface area contributed by atoms with Gasteiger partial charge in [-0.05, 0) is 6.92 Å². The predicted octanol–water partition coefficient (Wildman–Crippen LogP) is 0.738. The third-order valence-corrected chi connectivity index (χ3v) is 1.47. The summed E-state index contributed by atoms with van der Waals surface area (Å²) in [5.74, 6) is 1.12. The third kappa shape index (κ3) is 3.33. The maximum absolute atomic E-state index is 10.6. The molecule has 0 bridgehead atoms. The number of aromatic nitrogens is 2. The van der Waals surface area contributed by atoms with Crippen LogP contribution in [0.25, 0.3) is 0 Å². The van der Waals surface area contributed by atoms with E-state index in [1.54, 1.807) is 7.11 Å². The van der Waals surface area contributed by atoms with Crippen LogP contribution in [0.1, 0.15) is 25.1 Å². The van der Waals surface area contributed by atoms with Gasteiger partial charge in [0.15, 0.2) is 5.82 Å². The molecule has 1 aromatic rings. The number of methoxy groups -OCH3 is 1. The van der Waals surface area contributed by atoms with Crippen molar-refractivity contribution in [2.45, 2.75) is 26.4 Å². The van der Waals surface area contributed by atoms with Gasteiger partial charge in [0.1, 0.15) is 12.4 Å². The molecular weight excluding hydrogens is 172 g/mol. The second-order valence-electron chi connectivity index (χ2n) is 2.74. The van der Waals surface area contributed by atoms with Gasteiger partial charge in [0.05, 0.1) is 0 Å². The van der Waals surface area contributed by atoms with E-state index in [2.05, 4.69) is 10.1 Å². The van der Waals surface area contributed by atoms with E-state index in [9.17, 15) is 4.79 Å². The molecule has 0 N–H and O–H groups in total. The first-order valence-electron chi connectivity index (χ1n) is 4.02. The van der Waals surface area contributed by atoms with Crippen LogP contribution in [0.15, 0.2) is 4.52 Å². The molecule has 1 heterocycles. The van der Waals surface area contributed by atoms with E-state index < -0.39 is 0 Å². The van der Waals surface area contributed by atoms with Crippen LogP contribution < -0.4 is 0 Å². The van der Waals surface area contributed by atoms with Crippen LogP contribution in [-0.4, -0.2) is 23.0 Å². The van der Waals surface area contributed by atoms with E-state index in [-0.39, 0.29) is 5.78 Å². The topological polar surface area (TPSA) is 65.2 Å². The molecule has 0 amide bonds. The van der Waals surface area contributed by atoms with Gasteiger partial charge in [0, 0.05) is 20.0 Å². The number of ketones is 1. The highest BCUT2D eigenvalue weighted by atomic mass is 16.5. The van der Waals surface area contributed by atoms with Gasteiger partial charge >= 0.3 is 0 Å². The monoisotopic (exact) mass is 184 g/mol. The molecular formula is C8H12N2O3. The highest BCUT2D eigenvalue weighted by Crippen LogP contribution is 2.01. The zero-order valence-corrected chi connectivity index (χ0v) is 7.74. The quantitative estimate of drug-likeness (QED) is 0.675. The van der Waals surface area contributed by atoms with Gasteiger partial charge < -0.3 is 14.1 Å². The van der Waals surface area contributed by atoms with Crippen molar-refractivity contribution in [3.05, 3.63) is 11.7 Å². The second-order valence-corrected chi connectivity index (χ2v) is 2.74. The molecule has 0 aliphatic carbocycles. The number of aryl methyl sites for hydroxylation is 1. The first-order chi connectivity index (χ1) is 6.22. The average Bonchev–Trinajstić information content (AvgIpc) is 2.50. The average molecular weight is 184 g/mol. The summed E-state index contributed by atoms with van der Waals surface area (Å²) in [6.45, 7) is 1.87. The summed E-state index contributed by atoms with van der Waals surface area (Å²) in [6, 6.07) is 0.